The van der Waals surface area contributed by atoms with Gasteiger partial charge in [-0.05, 0) is 48.3 Å². The standard InChI is InChI=1S/C18H20N2O2/c21-18(22)17-9-14-2-1-3-16(14)20(17)11-12-4-5-15-10-19-7-6-13(15)8-12/h4-8,10,14,16-17H,1-3,9,11H2,(H,21,22)/t14-,16-,17-/m0/s1. The lowest BCUT2D eigenvalue weighted by Crippen LogP contribution is -2.40. The maximum absolute atomic E-state index is 11.6. The lowest BCUT2D eigenvalue weighted by atomic mass is 10.0. The van der Waals surface area contributed by atoms with Gasteiger partial charge in [0.1, 0.15) is 6.04 Å². The van der Waals surface area contributed by atoms with E-state index in [0.29, 0.717) is 12.0 Å². The molecular weight excluding hydrogens is 276 g/mol. The summed E-state index contributed by atoms with van der Waals surface area (Å²) < 4.78 is 0. The molecule has 114 valence electrons. The Kier molecular flexibility index (Phi) is 3.34. The number of fused-ring (bicyclic) bond motifs is 2. The fraction of sp³-hybridized carbons (Fsp3) is 0.444. The molecule has 1 aliphatic heterocycles. The van der Waals surface area contributed by atoms with Crippen molar-refractivity contribution in [3.8, 4) is 0 Å². The van der Waals surface area contributed by atoms with E-state index in [4.69, 9.17) is 0 Å². The molecule has 0 bridgehead atoms. The second-order valence-corrected chi connectivity index (χ2v) is 6.58. The molecule has 1 saturated heterocycles. The van der Waals surface area contributed by atoms with E-state index in [1.54, 1.807) is 6.20 Å². The SMILES string of the molecule is O=C(O)[C@@H]1C[C@@H]2CCC[C@@H]2N1Cc1ccc2cnccc2c1. The Hall–Kier alpha value is -1.94. The summed E-state index contributed by atoms with van der Waals surface area (Å²) in [6.07, 6.45) is 8.05. The van der Waals surface area contributed by atoms with Crippen molar-refractivity contribution in [1.29, 1.82) is 0 Å². The number of likely N-dealkylation sites (tertiary alicyclic amines) is 1. The number of aliphatic carboxylic acids is 1. The zero-order valence-corrected chi connectivity index (χ0v) is 12.5. The smallest absolute Gasteiger partial charge is 0.320 e. The van der Waals surface area contributed by atoms with Gasteiger partial charge in [0.15, 0.2) is 0 Å². The molecule has 2 heterocycles. The molecule has 3 atom stereocenters. The van der Waals surface area contributed by atoms with Crippen molar-refractivity contribution in [2.75, 3.05) is 0 Å². The third-order valence-electron chi connectivity index (χ3n) is 5.33. The van der Waals surface area contributed by atoms with Crippen molar-refractivity contribution in [3.05, 3.63) is 42.2 Å². The van der Waals surface area contributed by atoms with Crippen LogP contribution in [-0.2, 0) is 11.3 Å². The van der Waals surface area contributed by atoms with Gasteiger partial charge in [-0.25, -0.2) is 0 Å². The van der Waals surface area contributed by atoms with Gasteiger partial charge in [0.2, 0.25) is 0 Å². The highest BCUT2D eigenvalue weighted by Crippen LogP contribution is 2.42. The summed E-state index contributed by atoms with van der Waals surface area (Å²) in [4.78, 5) is 18.0. The number of carboxylic acid groups (broad SMARTS) is 1. The summed E-state index contributed by atoms with van der Waals surface area (Å²) in [5.74, 6) is -0.0925. The number of benzene rings is 1. The van der Waals surface area contributed by atoms with Crippen LogP contribution in [0.2, 0.25) is 0 Å². The van der Waals surface area contributed by atoms with E-state index in [2.05, 4.69) is 28.1 Å². The lowest BCUT2D eigenvalue weighted by Gasteiger charge is -2.27. The Bertz CT molecular complexity index is 715. The molecule has 1 saturated carbocycles. The van der Waals surface area contributed by atoms with Crippen LogP contribution in [0.3, 0.4) is 0 Å². The molecule has 0 amide bonds. The maximum atomic E-state index is 11.6. The molecule has 0 radical (unpaired) electrons. The first-order valence-corrected chi connectivity index (χ1v) is 8.03. The van der Waals surface area contributed by atoms with Crippen molar-refractivity contribution < 1.29 is 9.90 Å². The predicted molar refractivity (Wildman–Crippen MR) is 84.5 cm³/mol. The topological polar surface area (TPSA) is 53.4 Å². The first-order chi connectivity index (χ1) is 10.7. The van der Waals surface area contributed by atoms with E-state index in [0.717, 1.165) is 24.8 Å². The Morgan fingerprint density at radius 2 is 2.18 bits per heavy atom. The number of nitrogens with zero attached hydrogens (tertiary/aromatic N) is 2. The monoisotopic (exact) mass is 296 g/mol. The summed E-state index contributed by atoms with van der Waals surface area (Å²) in [5, 5.41) is 11.8. The van der Waals surface area contributed by atoms with Crippen LogP contribution >= 0.6 is 0 Å². The van der Waals surface area contributed by atoms with Crippen LogP contribution in [0, 0.1) is 5.92 Å². The van der Waals surface area contributed by atoms with Gasteiger partial charge < -0.3 is 5.11 Å². The Morgan fingerprint density at radius 3 is 3.05 bits per heavy atom. The van der Waals surface area contributed by atoms with Crippen molar-refractivity contribution in [1.82, 2.24) is 9.88 Å². The number of aromatic nitrogens is 1. The summed E-state index contributed by atoms with van der Waals surface area (Å²) >= 11 is 0. The zero-order chi connectivity index (χ0) is 15.1. The molecule has 2 fully saturated rings. The third-order valence-corrected chi connectivity index (χ3v) is 5.33. The van der Waals surface area contributed by atoms with Crippen LogP contribution < -0.4 is 0 Å². The summed E-state index contributed by atoms with van der Waals surface area (Å²) in [6.45, 7) is 0.733. The molecule has 4 nitrogen and oxygen atoms in total. The van der Waals surface area contributed by atoms with Crippen molar-refractivity contribution in [3.63, 3.8) is 0 Å². The Balaban J connectivity index is 1.63. The highest BCUT2D eigenvalue weighted by molar-refractivity contribution is 5.82. The molecule has 0 unspecified atom stereocenters. The molecule has 1 N–H and O–H groups in total. The molecule has 1 aromatic heterocycles. The average Bonchev–Trinajstić information content (AvgIpc) is 3.10. The minimum absolute atomic E-state index is 0.316. The second-order valence-electron chi connectivity index (χ2n) is 6.58. The van der Waals surface area contributed by atoms with Crippen LogP contribution in [0.1, 0.15) is 31.2 Å². The molecule has 4 heteroatoms. The van der Waals surface area contributed by atoms with Crippen LogP contribution in [0.4, 0.5) is 0 Å². The highest BCUT2D eigenvalue weighted by atomic mass is 16.4. The molecule has 1 aliphatic carbocycles. The largest absolute Gasteiger partial charge is 0.480 e. The Labute approximate surface area is 129 Å². The summed E-state index contributed by atoms with van der Waals surface area (Å²) in [6, 6.07) is 8.49. The van der Waals surface area contributed by atoms with Crippen molar-refractivity contribution in [2.45, 2.75) is 44.3 Å². The lowest BCUT2D eigenvalue weighted by molar-refractivity contribution is -0.142. The molecule has 22 heavy (non-hydrogen) atoms. The third kappa shape index (κ3) is 2.28. The van der Waals surface area contributed by atoms with Crippen LogP contribution in [0.5, 0.6) is 0 Å². The van der Waals surface area contributed by atoms with Gasteiger partial charge in [-0.2, -0.15) is 0 Å². The fourth-order valence-electron chi connectivity index (χ4n) is 4.29. The summed E-state index contributed by atoms with van der Waals surface area (Å²) in [5.41, 5.74) is 1.19. The van der Waals surface area contributed by atoms with E-state index in [-0.39, 0.29) is 6.04 Å². The number of carbonyl (C=O) groups is 1. The van der Waals surface area contributed by atoms with Crippen molar-refractivity contribution >= 4 is 16.7 Å². The normalized spacial score (nSPS) is 28.1. The average molecular weight is 296 g/mol. The minimum Gasteiger partial charge on any atom is -0.480 e. The van der Waals surface area contributed by atoms with E-state index in [9.17, 15) is 9.90 Å². The number of hydrogen-bond acceptors (Lipinski definition) is 3. The molecular formula is C18H20N2O2. The molecule has 2 aliphatic rings. The van der Waals surface area contributed by atoms with Crippen molar-refractivity contribution in [2.24, 2.45) is 5.92 Å². The van der Waals surface area contributed by atoms with E-state index >= 15 is 0 Å². The van der Waals surface area contributed by atoms with Crippen LogP contribution in [-0.4, -0.2) is 33.0 Å². The number of rotatable bonds is 3. The molecule has 4 rings (SSSR count). The van der Waals surface area contributed by atoms with Gasteiger partial charge in [0, 0.05) is 30.4 Å². The van der Waals surface area contributed by atoms with Crippen LogP contribution in [0.15, 0.2) is 36.7 Å². The van der Waals surface area contributed by atoms with Gasteiger partial charge in [0.05, 0.1) is 0 Å². The van der Waals surface area contributed by atoms with E-state index in [1.165, 1.54) is 23.8 Å². The number of carboxylic acids is 1. The highest BCUT2D eigenvalue weighted by Gasteiger charge is 2.46. The number of hydrogen-bond donors (Lipinski definition) is 1. The van der Waals surface area contributed by atoms with E-state index < -0.39 is 5.97 Å². The first kappa shape index (κ1) is 13.7. The molecule has 0 spiro atoms. The zero-order valence-electron chi connectivity index (χ0n) is 12.5. The van der Waals surface area contributed by atoms with Gasteiger partial charge >= 0.3 is 5.97 Å². The predicted octanol–water partition coefficient (Wildman–Crippen LogP) is 3.06. The number of pyridine rings is 1. The fourth-order valence-corrected chi connectivity index (χ4v) is 4.29. The quantitative estimate of drug-likeness (QED) is 0.946. The van der Waals surface area contributed by atoms with Gasteiger partial charge in [-0.3, -0.25) is 14.7 Å². The molecule has 2 aromatic rings. The van der Waals surface area contributed by atoms with Gasteiger partial charge in [-0.15, -0.1) is 0 Å². The second kappa shape index (κ2) is 5.36. The molecule has 1 aromatic carbocycles. The first-order valence-electron chi connectivity index (χ1n) is 8.03. The maximum Gasteiger partial charge on any atom is 0.320 e. The van der Waals surface area contributed by atoms with Crippen LogP contribution in [0.25, 0.3) is 10.8 Å². The van der Waals surface area contributed by atoms with E-state index in [1.807, 2.05) is 12.3 Å². The summed E-state index contributed by atoms with van der Waals surface area (Å²) in [7, 11) is 0. The minimum atomic E-state index is -0.667. The Morgan fingerprint density at radius 1 is 1.27 bits per heavy atom. The van der Waals surface area contributed by atoms with Gasteiger partial charge in [0.25, 0.3) is 0 Å². The van der Waals surface area contributed by atoms with Gasteiger partial charge in [-0.1, -0.05) is 18.6 Å².